The lowest BCUT2D eigenvalue weighted by molar-refractivity contribution is 0.319. The highest BCUT2D eigenvalue weighted by molar-refractivity contribution is 9.10. The summed E-state index contributed by atoms with van der Waals surface area (Å²) in [5.74, 6) is 0.258. The van der Waals surface area contributed by atoms with Crippen LogP contribution in [-0.2, 0) is 6.54 Å². The van der Waals surface area contributed by atoms with Gasteiger partial charge in [0.2, 0.25) is 5.71 Å². The Bertz CT molecular complexity index is 688. The molecule has 18 heavy (non-hydrogen) atoms. The average molecular weight is 329 g/mol. The van der Waals surface area contributed by atoms with Crippen LogP contribution in [0.25, 0.3) is 11.0 Å². The monoisotopic (exact) mass is 327 g/mol. The number of nitriles is 1. The Morgan fingerprint density at radius 3 is 3.00 bits per heavy atom. The standard InChI is InChI=1S/C10H7BrClN5O/c1-2-17-8-5(11)4-14-9(12)7(8)15-10(17)6(3-13)16-18/h4,18H,2H2,1H3. The van der Waals surface area contributed by atoms with E-state index in [9.17, 15) is 0 Å². The summed E-state index contributed by atoms with van der Waals surface area (Å²) in [6.07, 6.45) is 1.56. The van der Waals surface area contributed by atoms with Crippen LogP contribution in [-0.4, -0.2) is 25.5 Å². The van der Waals surface area contributed by atoms with Crippen LogP contribution < -0.4 is 0 Å². The number of fused-ring (bicyclic) bond motifs is 1. The third kappa shape index (κ3) is 1.83. The fourth-order valence-electron chi connectivity index (χ4n) is 1.68. The Labute approximate surface area is 116 Å². The highest BCUT2D eigenvalue weighted by Gasteiger charge is 2.19. The molecular formula is C10H7BrClN5O. The largest absolute Gasteiger partial charge is 0.410 e. The van der Waals surface area contributed by atoms with Crippen molar-refractivity contribution in [3.05, 3.63) is 21.6 Å². The maximum absolute atomic E-state index is 8.91. The number of hydrogen-bond donors (Lipinski definition) is 1. The number of pyridine rings is 1. The van der Waals surface area contributed by atoms with E-state index in [2.05, 4.69) is 31.1 Å². The van der Waals surface area contributed by atoms with Crippen molar-refractivity contribution in [3.63, 3.8) is 0 Å². The van der Waals surface area contributed by atoms with Gasteiger partial charge in [-0.1, -0.05) is 16.8 Å². The summed E-state index contributed by atoms with van der Waals surface area (Å²) < 4.78 is 2.43. The minimum atomic E-state index is -0.170. The van der Waals surface area contributed by atoms with Crippen LogP contribution in [0.5, 0.6) is 0 Å². The van der Waals surface area contributed by atoms with Crippen LogP contribution >= 0.6 is 27.5 Å². The van der Waals surface area contributed by atoms with Crippen molar-refractivity contribution in [1.29, 1.82) is 5.26 Å². The summed E-state index contributed by atoms with van der Waals surface area (Å²) in [6, 6.07) is 1.78. The van der Waals surface area contributed by atoms with Crippen molar-refractivity contribution < 1.29 is 5.21 Å². The molecule has 1 N–H and O–H groups in total. The maximum atomic E-state index is 8.91. The van der Waals surface area contributed by atoms with Gasteiger partial charge in [-0.3, -0.25) is 0 Å². The lowest BCUT2D eigenvalue weighted by Crippen LogP contribution is -2.09. The lowest BCUT2D eigenvalue weighted by Gasteiger charge is -2.04. The van der Waals surface area contributed by atoms with E-state index in [-0.39, 0.29) is 16.7 Å². The molecule has 2 rings (SSSR count). The second-order valence-corrected chi connectivity index (χ2v) is 4.55. The number of rotatable bonds is 2. The van der Waals surface area contributed by atoms with Gasteiger partial charge >= 0.3 is 0 Å². The molecule has 0 spiro atoms. The third-order valence-corrected chi connectivity index (χ3v) is 3.27. The molecule has 0 atom stereocenters. The number of nitrogens with zero attached hydrogens (tertiary/aromatic N) is 5. The lowest BCUT2D eigenvalue weighted by atomic mass is 10.4. The third-order valence-electron chi connectivity index (χ3n) is 2.41. The predicted molar refractivity (Wildman–Crippen MR) is 69.8 cm³/mol. The molecule has 0 aromatic carbocycles. The van der Waals surface area contributed by atoms with Crippen molar-refractivity contribution in [2.24, 2.45) is 5.16 Å². The fourth-order valence-corrected chi connectivity index (χ4v) is 2.36. The number of aromatic nitrogens is 3. The molecule has 0 amide bonds. The van der Waals surface area contributed by atoms with Gasteiger partial charge < -0.3 is 9.77 Å². The van der Waals surface area contributed by atoms with Crippen molar-refractivity contribution in [1.82, 2.24) is 14.5 Å². The van der Waals surface area contributed by atoms with Crippen LogP contribution in [0, 0.1) is 11.3 Å². The van der Waals surface area contributed by atoms with Gasteiger partial charge in [0.25, 0.3) is 0 Å². The molecule has 0 aliphatic carbocycles. The van der Waals surface area contributed by atoms with Gasteiger partial charge in [-0.2, -0.15) is 5.26 Å². The van der Waals surface area contributed by atoms with E-state index in [0.29, 0.717) is 22.1 Å². The van der Waals surface area contributed by atoms with Crippen LogP contribution in [0.15, 0.2) is 15.8 Å². The minimum absolute atomic E-state index is 0.170. The Kier molecular flexibility index (Phi) is 3.50. The molecule has 8 heteroatoms. The fraction of sp³-hybridized carbons (Fsp3) is 0.200. The molecule has 0 bridgehead atoms. The summed E-state index contributed by atoms with van der Waals surface area (Å²) in [7, 11) is 0. The van der Waals surface area contributed by atoms with Crippen LogP contribution in [0.1, 0.15) is 12.7 Å². The van der Waals surface area contributed by atoms with Crippen molar-refractivity contribution >= 4 is 44.3 Å². The molecule has 0 radical (unpaired) electrons. The first-order valence-electron chi connectivity index (χ1n) is 4.96. The summed E-state index contributed by atoms with van der Waals surface area (Å²) >= 11 is 9.33. The van der Waals surface area contributed by atoms with Gasteiger partial charge in [0, 0.05) is 12.7 Å². The van der Waals surface area contributed by atoms with Gasteiger partial charge in [-0.05, 0) is 22.9 Å². The highest BCUT2D eigenvalue weighted by Crippen LogP contribution is 2.28. The predicted octanol–water partition coefficient (Wildman–Crippen LogP) is 2.57. The zero-order chi connectivity index (χ0) is 13.3. The maximum Gasteiger partial charge on any atom is 0.222 e. The van der Waals surface area contributed by atoms with Gasteiger partial charge in [-0.15, -0.1) is 0 Å². The molecule has 0 aliphatic rings. The molecule has 92 valence electrons. The minimum Gasteiger partial charge on any atom is -0.410 e. The number of hydrogen-bond acceptors (Lipinski definition) is 5. The molecule has 2 heterocycles. The smallest absolute Gasteiger partial charge is 0.222 e. The first kappa shape index (κ1) is 12.8. The highest BCUT2D eigenvalue weighted by atomic mass is 79.9. The van der Waals surface area contributed by atoms with E-state index >= 15 is 0 Å². The molecule has 0 saturated carbocycles. The van der Waals surface area contributed by atoms with Gasteiger partial charge in [0.15, 0.2) is 11.0 Å². The van der Waals surface area contributed by atoms with Crippen molar-refractivity contribution in [2.75, 3.05) is 0 Å². The topological polar surface area (TPSA) is 87.1 Å². The molecule has 0 unspecified atom stereocenters. The zero-order valence-corrected chi connectivity index (χ0v) is 11.6. The Balaban J connectivity index is 2.90. The SMILES string of the molecule is CCn1c(C(C#N)=NO)nc2c(Cl)ncc(Br)c21. The van der Waals surface area contributed by atoms with Crippen LogP contribution in [0.4, 0.5) is 0 Å². The first-order chi connectivity index (χ1) is 8.63. The molecular weight excluding hydrogens is 322 g/mol. The van der Waals surface area contributed by atoms with E-state index in [1.54, 1.807) is 16.8 Å². The zero-order valence-electron chi connectivity index (χ0n) is 9.22. The first-order valence-corrected chi connectivity index (χ1v) is 6.13. The molecule has 0 aliphatic heterocycles. The number of halogens is 2. The molecule has 6 nitrogen and oxygen atoms in total. The molecule has 0 saturated heterocycles. The quantitative estimate of drug-likeness (QED) is 0.397. The van der Waals surface area contributed by atoms with Crippen LogP contribution in [0.2, 0.25) is 5.15 Å². The Hall–Kier alpha value is -1.65. The van der Waals surface area contributed by atoms with Crippen LogP contribution in [0.3, 0.4) is 0 Å². The summed E-state index contributed by atoms with van der Waals surface area (Å²) in [5.41, 5.74) is 0.999. The van der Waals surface area contributed by atoms with Crippen molar-refractivity contribution in [2.45, 2.75) is 13.5 Å². The van der Waals surface area contributed by atoms with Gasteiger partial charge in [0.05, 0.1) is 9.99 Å². The summed E-state index contributed by atoms with van der Waals surface area (Å²) in [6.45, 7) is 2.43. The van der Waals surface area contributed by atoms with E-state index in [1.165, 1.54) is 0 Å². The van der Waals surface area contributed by atoms with Crippen molar-refractivity contribution in [3.8, 4) is 6.07 Å². The summed E-state index contributed by atoms with van der Waals surface area (Å²) in [5, 5.41) is 20.9. The molecule has 2 aromatic heterocycles. The Morgan fingerprint density at radius 1 is 1.72 bits per heavy atom. The summed E-state index contributed by atoms with van der Waals surface area (Å²) in [4.78, 5) is 8.18. The van der Waals surface area contributed by atoms with E-state index in [4.69, 9.17) is 22.1 Å². The molecule has 0 fully saturated rings. The molecule has 2 aromatic rings. The second kappa shape index (κ2) is 4.92. The number of aryl methyl sites for hydroxylation is 1. The van der Waals surface area contributed by atoms with Gasteiger partial charge in [-0.25, -0.2) is 9.97 Å². The number of imidazole rings is 1. The van der Waals surface area contributed by atoms with E-state index < -0.39 is 0 Å². The average Bonchev–Trinajstić information content (AvgIpc) is 2.76. The van der Waals surface area contributed by atoms with E-state index in [1.807, 2.05) is 6.92 Å². The normalized spacial score (nSPS) is 11.8. The Morgan fingerprint density at radius 2 is 2.44 bits per heavy atom. The second-order valence-electron chi connectivity index (χ2n) is 3.33. The van der Waals surface area contributed by atoms with Gasteiger partial charge in [0.1, 0.15) is 11.6 Å². The number of oxime groups is 1. The van der Waals surface area contributed by atoms with E-state index in [0.717, 1.165) is 0 Å².